The zero-order chi connectivity index (χ0) is 15.6. The van der Waals surface area contributed by atoms with Gasteiger partial charge in [0, 0.05) is 6.04 Å². The zero-order valence-electron chi connectivity index (χ0n) is 11.5. The van der Waals surface area contributed by atoms with Crippen LogP contribution in [0.1, 0.15) is 26.3 Å². The molecule has 0 saturated carbocycles. The van der Waals surface area contributed by atoms with Gasteiger partial charge in [-0.05, 0) is 23.6 Å². The number of hydrogen-bond donors (Lipinski definition) is 2. The summed E-state index contributed by atoms with van der Waals surface area (Å²) in [5.41, 5.74) is -0.830. The van der Waals surface area contributed by atoms with Gasteiger partial charge in [-0.2, -0.15) is 5.26 Å². The second-order valence-electron chi connectivity index (χ2n) is 5.48. The zero-order valence-corrected chi connectivity index (χ0v) is 12.3. The van der Waals surface area contributed by atoms with Crippen LogP contribution in [0.25, 0.3) is 0 Å². The van der Waals surface area contributed by atoms with Gasteiger partial charge in [0.25, 0.3) is 0 Å². The number of nitrogens with zero attached hydrogens (tertiary/aromatic N) is 1. The lowest BCUT2D eigenvalue weighted by molar-refractivity contribution is 0.177. The molecule has 0 amide bonds. The molecule has 1 atom stereocenters. The molecule has 20 heavy (non-hydrogen) atoms. The lowest BCUT2D eigenvalue weighted by atomic mass is 9.88. The van der Waals surface area contributed by atoms with Crippen molar-refractivity contribution in [1.29, 1.82) is 5.26 Å². The van der Waals surface area contributed by atoms with E-state index in [4.69, 9.17) is 5.26 Å². The minimum Gasteiger partial charge on any atom is -0.395 e. The van der Waals surface area contributed by atoms with Gasteiger partial charge in [0.1, 0.15) is 11.9 Å². The molecule has 110 valence electrons. The smallest absolute Gasteiger partial charge is 0.240 e. The largest absolute Gasteiger partial charge is 0.395 e. The number of halogens is 1. The quantitative estimate of drug-likeness (QED) is 0.879. The number of hydrogen-bond acceptors (Lipinski definition) is 4. The summed E-state index contributed by atoms with van der Waals surface area (Å²) in [6.45, 7) is 4.97. The highest BCUT2D eigenvalue weighted by Crippen LogP contribution is 2.22. The number of rotatable bonds is 4. The molecule has 0 heterocycles. The monoisotopic (exact) mass is 300 g/mol. The first kappa shape index (κ1) is 16.6. The van der Waals surface area contributed by atoms with E-state index in [1.807, 2.05) is 0 Å². The highest BCUT2D eigenvalue weighted by molar-refractivity contribution is 7.89. The van der Waals surface area contributed by atoms with Crippen LogP contribution in [0.15, 0.2) is 23.1 Å². The molecule has 1 aromatic carbocycles. The summed E-state index contributed by atoms with van der Waals surface area (Å²) in [5.74, 6) is -0.777. The lowest BCUT2D eigenvalue weighted by Gasteiger charge is -2.29. The third kappa shape index (κ3) is 3.76. The number of aliphatic hydroxyl groups excluding tert-OH is 1. The van der Waals surface area contributed by atoms with E-state index in [1.54, 1.807) is 26.8 Å². The van der Waals surface area contributed by atoms with Crippen LogP contribution in [-0.4, -0.2) is 26.2 Å². The Hall–Kier alpha value is -1.49. The summed E-state index contributed by atoms with van der Waals surface area (Å²) in [7, 11) is -3.93. The molecule has 0 aliphatic carbocycles. The fourth-order valence-electron chi connectivity index (χ4n) is 1.50. The van der Waals surface area contributed by atoms with Gasteiger partial charge in [-0.1, -0.05) is 20.8 Å². The maximum atomic E-state index is 13.2. The van der Waals surface area contributed by atoms with Crippen LogP contribution in [0.4, 0.5) is 4.39 Å². The van der Waals surface area contributed by atoms with Gasteiger partial charge < -0.3 is 5.11 Å². The Balaban J connectivity index is 3.15. The van der Waals surface area contributed by atoms with E-state index in [2.05, 4.69) is 4.72 Å². The Kier molecular flexibility index (Phi) is 4.86. The predicted octanol–water partition coefficient (Wildman–Crippen LogP) is 1.38. The summed E-state index contributed by atoms with van der Waals surface area (Å²) < 4.78 is 39.9. The van der Waals surface area contributed by atoms with E-state index in [9.17, 15) is 17.9 Å². The number of nitrogens with one attached hydrogen (secondary N) is 1. The van der Waals surface area contributed by atoms with Crippen molar-refractivity contribution in [3.05, 3.63) is 29.6 Å². The van der Waals surface area contributed by atoms with Crippen molar-refractivity contribution in [2.45, 2.75) is 31.7 Å². The Morgan fingerprint density at radius 1 is 1.45 bits per heavy atom. The van der Waals surface area contributed by atoms with E-state index in [-0.39, 0.29) is 17.1 Å². The molecule has 0 aromatic heterocycles. The van der Waals surface area contributed by atoms with E-state index >= 15 is 0 Å². The molecule has 1 aromatic rings. The summed E-state index contributed by atoms with van der Waals surface area (Å²) in [4.78, 5) is -0.210. The van der Waals surface area contributed by atoms with Gasteiger partial charge in [0.05, 0.1) is 17.1 Å². The fourth-order valence-corrected chi connectivity index (χ4v) is 2.96. The first-order valence-corrected chi connectivity index (χ1v) is 7.43. The molecule has 7 heteroatoms. The average molecular weight is 300 g/mol. The van der Waals surface area contributed by atoms with Gasteiger partial charge in [0.2, 0.25) is 10.0 Å². The van der Waals surface area contributed by atoms with Crippen LogP contribution >= 0.6 is 0 Å². The Bertz CT molecular complexity index is 630. The Morgan fingerprint density at radius 3 is 2.50 bits per heavy atom. The number of nitriles is 1. The van der Waals surface area contributed by atoms with E-state index < -0.39 is 27.3 Å². The average Bonchev–Trinajstić information content (AvgIpc) is 2.35. The summed E-state index contributed by atoms with van der Waals surface area (Å²) in [6, 6.07) is 3.87. The number of aliphatic hydroxyl groups is 1. The molecule has 5 nitrogen and oxygen atoms in total. The van der Waals surface area contributed by atoms with Crippen molar-refractivity contribution in [2.24, 2.45) is 5.41 Å². The van der Waals surface area contributed by atoms with E-state index in [0.717, 1.165) is 18.2 Å². The highest BCUT2D eigenvalue weighted by Gasteiger charge is 2.29. The first-order valence-electron chi connectivity index (χ1n) is 5.94. The van der Waals surface area contributed by atoms with Crippen LogP contribution in [-0.2, 0) is 10.0 Å². The molecule has 0 fully saturated rings. The van der Waals surface area contributed by atoms with Crippen molar-refractivity contribution in [2.75, 3.05) is 6.61 Å². The van der Waals surface area contributed by atoms with Crippen molar-refractivity contribution < 1.29 is 17.9 Å². The molecular formula is C13H17FN2O3S. The second kappa shape index (κ2) is 5.87. The standard InChI is InChI=1S/C13H17FN2O3S/c1-13(2,3)12(8-17)16-20(18,19)10-4-5-11(14)9(6-10)7-15/h4-6,12,16-17H,8H2,1-3H3/t12-/m1/s1. The molecule has 2 N–H and O–H groups in total. The van der Waals surface area contributed by atoms with Gasteiger partial charge in [-0.3, -0.25) is 0 Å². The molecule has 0 radical (unpaired) electrons. The predicted molar refractivity (Wildman–Crippen MR) is 71.8 cm³/mol. The van der Waals surface area contributed by atoms with Crippen molar-refractivity contribution in [1.82, 2.24) is 4.72 Å². The fraction of sp³-hybridized carbons (Fsp3) is 0.462. The third-order valence-electron chi connectivity index (χ3n) is 2.89. The first-order chi connectivity index (χ1) is 9.11. The minimum absolute atomic E-state index is 0.210. The van der Waals surface area contributed by atoms with Crippen LogP contribution in [0.2, 0.25) is 0 Å². The van der Waals surface area contributed by atoms with Crippen LogP contribution < -0.4 is 4.72 Å². The minimum atomic E-state index is -3.93. The lowest BCUT2D eigenvalue weighted by Crippen LogP contribution is -2.46. The van der Waals surface area contributed by atoms with Crippen LogP contribution in [0, 0.1) is 22.6 Å². The Morgan fingerprint density at radius 2 is 2.05 bits per heavy atom. The van der Waals surface area contributed by atoms with Gasteiger partial charge in [-0.15, -0.1) is 0 Å². The van der Waals surface area contributed by atoms with Crippen LogP contribution in [0.5, 0.6) is 0 Å². The molecular weight excluding hydrogens is 283 g/mol. The molecule has 0 aliphatic rings. The second-order valence-corrected chi connectivity index (χ2v) is 7.19. The maximum absolute atomic E-state index is 13.2. The van der Waals surface area contributed by atoms with E-state index in [0.29, 0.717) is 0 Å². The topological polar surface area (TPSA) is 90.2 Å². The molecule has 0 bridgehead atoms. The number of sulfonamides is 1. The number of benzene rings is 1. The summed E-state index contributed by atoms with van der Waals surface area (Å²) >= 11 is 0. The maximum Gasteiger partial charge on any atom is 0.240 e. The molecule has 0 spiro atoms. The van der Waals surface area contributed by atoms with Gasteiger partial charge >= 0.3 is 0 Å². The third-order valence-corrected chi connectivity index (χ3v) is 4.36. The van der Waals surface area contributed by atoms with Crippen molar-refractivity contribution in [3.8, 4) is 6.07 Å². The molecule has 0 aliphatic heterocycles. The SMILES string of the molecule is CC(C)(C)[C@@H](CO)NS(=O)(=O)c1ccc(F)c(C#N)c1. The summed E-state index contributed by atoms with van der Waals surface area (Å²) in [6.07, 6.45) is 0. The van der Waals surface area contributed by atoms with Crippen molar-refractivity contribution in [3.63, 3.8) is 0 Å². The van der Waals surface area contributed by atoms with Crippen molar-refractivity contribution >= 4 is 10.0 Å². The Labute approximate surface area is 118 Å². The molecule has 1 rings (SSSR count). The van der Waals surface area contributed by atoms with E-state index in [1.165, 1.54) is 0 Å². The summed E-state index contributed by atoms with van der Waals surface area (Å²) in [5, 5.41) is 18.0. The highest BCUT2D eigenvalue weighted by atomic mass is 32.2. The van der Waals surface area contributed by atoms with Crippen LogP contribution in [0.3, 0.4) is 0 Å². The molecule has 0 saturated heterocycles. The normalized spacial score (nSPS) is 13.8. The van der Waals surface area contributed by atoms with Gasteiger partial charge in [0.15, 0.2) is 0 Å². The molecule has 0 unspecified atom stereocenters. The van der Waals surface area contributed by atoms with Gasteiger partial charge in [-0.25, -0.2) is 17.5 Å².